The molecule has 0 aliphatic heterocycles. The van der Waals surface area contributed by atoms with Crippen molar-refractivity contribution in [2.75, 3.05) is 13.1 Å². The van der Waals surface area contributed by atoms with Crippen LogP contribution in [0.4, 0.5) is 8.78 Å². The Labute approximate surface area is 103 Å². The van der Waals surface area contributed by atoms with Crippen molar-refractivity contribution in [2.24, 2.45) is 5.92 Å². The third kappa shape index (κ3) is 3.52. The molecule has 1 N–H and O–H groups in total. The Morgan fingerprint density at radius 1 is 1.38 bits per heavy atom. The molecule has 0 aliphatic carbocycles. The zero-order valence-electron chi connectivity index (χ0n) is 9.49. The van der Waals surface area contributed by atoms with E-state index in [1.807, 2.05) is 13.8 Å². The van der Waals surface area contributed by atoms with Crippen LogP contribution in [-0.2, 0) is 6.42 Å². The van der Waals surface area contributed by atoms with Gasteiger partial charge in [0.1, 0.15) is 11.6 Å². The first kappa shape index (κ1) is 13.6. The molecule has 1 atom stereocenters. The van der Waals surface area contributed by atoms with Crippen LogP contribution in [0.2, 0.25) is 0 Å². The van der Waals surface area contributed by atoms with Crippen LogP contribution in [-0.4, -0.2) is 13.1 Å². The van der Waals surface area contributed by atoms with Gasteiger partial charge in [-0.05, 0) is 53.5 Å². The summed E-state index contributed by atoms with van der Waals surface area (Å²) in [6.07, 6.45) is 0.407. The van der Waals surface area contributed by atoms with Crippen LogP contribution in [0.25, 0.3) is 0 Å². The molecule has 0 aliphatic rings. The Hall–Kier alpha value is -0.480. The topological polar surface area (TPSA) is 12.0 Å². The molecule has 1 rings (SSSR count). The maximum atomic E-state index is 13.6. The van der Waals surface area contributed by atoms with E-state index in [1.165, 1.54) is 12.1 Å². The van der Waals surface area contributed by atoms with Crippen LogP contribution in [0, 0.1) is 17.6 Å². The summed E-state index contributed by atoms with van der Waals surface area (Å²) in [7, 11) is 0. The molecule has 0 fully saturated rings. The van der Waals surface area contributed by atoms with Gasteiger partial charge in [0.25, 0.3) is 0 Å². The third-order valence-electron chi connectivity index (χ3n) is 2.43. The van der Waals surface area contributed by atoms with Crippen molar-refractivity contribution in [3.63, 3.8) is 0 Å². The molecule has 0 heterocycles. The normalized spacial score (nSPS) is 12.8. The van der Waals surface area contributed by atoms with Crippen LogP contribution in [0.5, 0.6) is 0 Å². The molecule has 0 amide bonds. The molecule has 4 heteroatoms. The molecule has 0 aromatic heterocycles. The highest BCUT2D eigenvalue weighted by molar-refractivity contribution is 9.10. The minimum atomic E-state index is -0.483. The summed E-state index contributed by atoms with van der Waals surface area (Å²) in [6.45, 7) is 5.62. The van der Waals surface area contributed by atoms with E-state index in [9.17, 15) is 8.78 Å². The van der Waals surface area contributed by atoms with E-state index in [0.29, 0.717) is 10.9 Å². The first-order valence-corrected chi connectivity index (χ1v) is 6.18. The number of nitrogens with one attached hydrogen (secondary N) is 1. The Bertz CT molecular complexity index is 355. The zero-order chi connectivity index (χ0) is 12.1. The Kier molecular flexibility index (Phi) is 5.35. The Morgan fingerprint density at radius 3 is 2.69 bits per heavy atom. The Morgan fingerprint density at radius 2 is 2.06 bits per heavy atom. The van der Waals surface area contributed by atoms with E-state index in [2.05, 4.69) is 21.2 Å². The highest BCUT2D eigenvalue weighted by atomic mass is 79.9. The summed E-state index contributed by atoms with van der Waals surface area (Å²) >= 11 is 3.07. The molecule has 0 saturated carbocycles. The monoisotopic (exact) mass is 291 g/mol. The lowest BCUT2D eigenvalue weighted by molar-refractivity contribution is 0.481. The molecule has 1 unspecified atom stereocenters. The van der Waals surface area contributed by atoms with Crippen molar-refractivity contribution >= 4 is 15.9 Å². The SMILES string of the molecule is CCNCC(C)Cc1c(F)ccc(Br)c1F. The molecule has 0 spiro atoms. The average Bonchev–Trinajstić information content (AvgIpc) is 2.27. The quantitative estimate of drug-likeness (QED) is 0.819. The van der Waals surface area contributed by atoms with E-state index in [-0.39, 0.29) is 11.5 Å². The molecule has 1 aromatic carbocycles. The van der Waals surface area contributed by atoms with Crippen LogP contribution in [0.1, 0.15) is 19.4 Å². The fourth-order valence-corrected chi connectivity index (χ4v) is 1.94. The van der Waals surface area contributed by atoms with E-state index in [0.717, 1.165) is 13.1 Å². The average molecular weight is 292 g/mol. The molecular formula is C12H16BrF2N. The predicted octanol–water partition coefficient (Wildman–Crippen LogP) is 3.52. The molecular weight excluding hydrogens is 276 g/mol. The minimum Gasteiger partial charge on any atom is -0.317 e. The molecule has 1 aromatic rings. The van der Waals surface area contributed by atoms with Gasteiger partial charge < -0.3 is 5.32 Å². The summed E-state index contributed by atoms with van der Waals surface area (Å²) in [5.41, 5.74) is 0.166. The summed E-state index contributed by atoms with van der Waals surface area (Å²) in [5.74, 6) is -0.745. The van der Waals surface area contributed by atoms with Crippen LogP contribution in [0.3, 0.4) is 0 Å². The third-order valence-corrected chi connectivity index (χ3v) is 3.05. The molecule has 0 radical (unpaired) electrons. The van der Waals surface area contributed by atoms with Crippen molar-refractivity contribution in [1.82, 2.24) is 5.32 Å². The number of benzene rings is 1. The van der Waals surface area contributed by atoms with E-state index < -0.39 is 11.6 Å². The lowest BCUT2D eigenvalue weighted by Crippen LogP contribution is -2.22. The first-order valence-electron chi connectivity index (χ1n) is 5.39. The zero-order valence-corrected chi connectivity index (χ0v) is 11.1. The largest absolute Gasteiger partial charge is 0.317 e. The maximum absolute atomic E-state index is 13.6. The van der Waals surface area contributed by atoms with E-state index in [4.69, 9.17) is 0 Å². The minimum absolute atomic E-state index is 0.166. The van der Waals surface area contributed by atoms with Gasteiger partial charge in [-0.15, -0.1) is 0 Å². The molecule has 16 heavy (non-hydrogen) atoms. The van der Waals surface area contributed by atoms with Crippen molar-refractivity contribution in [1.29, 1.82) is 0 Å². The number of halogens is 3. The van der Waals surface area contributed by atoms with E-state index in [1.54, 1.807) is 0 Å². The van der Waals surface area contributed by atoms with Gasteiger partial charge in [-0.1, -0.05) is 13.8 Å². The van der Waals surface area contributed by atoms with Gasteiger partial charge >= 0.3 is 0 Å². The van der Waals surface area contributed by atoms with Crippen molar-refractivity contribution < 1.29 is 8.78 Å². The fraction of sp³-hybridized carbons (Fsp3) is 0.500. The fourth-order valence-electron chi connectivity index (χ4n) is 1.57. The van der Waals surface area contributed by atoms with Gasteiger partial charge in [0.05, 0.1) is 4.47 Å². The summed E-state index contributed by atoms with van der Waals surface area (Å²) in [6, 6.07) is 2.69. The number of hydrogen-bond acceptors (Lipinski definition) is 1. The van der Waals surface area contributed by atoms with Gasteiger partial charge in [-0.25, -0.2) is 8.78 Å². The van der Waals surface area contributed by atoms with Crippen molar-refractivity contribution in [3.8, 4) is 0 Å². The number of hydrogen-bond donors (Lipinski definition) is 1. The van der Waals surface area contributed by atoms with Crippen LogP contribution >= 0.6 is 15.9 Å². The summed E-state index contributed by atoms with van der Waals surface area (Å²) in [4.78, 5) is 0. The molecule has 0 saturated heterocycles. The van der Waals surface area contributed by atoms with Gasteiger partial charge in [-0.3, -0.25) is 0 Å². The standard InChI is InChI=1S/C12H16BrF2N/c1-3-16-7-8(2)6-9-11(14)5-4-10(13)12(9)15/h4-5,8,16H,3,6-7H2,1-2H3. The second-order valence-electron chi connectivity index (χ2n) is 3.94. The predicted molar refractivity (Wildman–Crippen MR) is 65.5 cm³/mol. The molecule has 90 valence electrons. The highest BCUT2D eigenvalue weighted by Crippen LogP contribution is 2.23. The maximum Gasteiger partial charge on any atom is 0.143 e. The molecule has 1 nitrogen and oxygen atoms in total. The smallest absolute Gasteiger partial charge is 0.143 e. The van der Waals surface area contributed by atoms with Crippen LogP contribution < -0.4 is 5.32 Å². The van der Waals surface area contributed by atoms with Gasteiger partial charge in [0.2, 0.25) is 0 Å². The lowest BCUT2D eigenvalue weighted by atomic mass is 10.00. The highest BCUT2D eigenvalue weighted by Gasteiger charge is 2.14. The van der Waals surface area contributed by atoms with Crippen molar-refractivity contribution in [3.05, 3.63) is 33.8 Å². The van der Waals surface area contributed by atoms with Gasteiger partial charge in [-0.2, -0.15) is 0 Å². The van der Waals surface area contributed by atoms with Gasteiger partial charge in [0, 0.05) is 5.56 Å². The van der Waals surface area contributed by atoms with Gasteiger partial charge in [0.15, 0.2) is 0 Å². The number of rotatable bonds is 5. The van der Waals surface area contributed by atoms with Crippen molar-refractivity contribution in [2.45, 2.75) is 20.3 Å². The lowest BCUT2D eigenvalue weighted by Gasteiger charge is -2.13. The molecule has 0 bridgehead atoms. The van der Waals surface area contributed by atoms with Crippen LogP contribution in [0.15, 0.2) is 16.6 Å². The first-order chi connectivity index (χ1) is 7.56. The second kappa shape index (κ2) is 6.30. The summed E-state index contributed by atoms with van der Waals surface area (Å²) in [5, 5.41) is 3.17. The second-order valence-corrected chi connectivity index (χ2v) is 4.79. The Balaban J connectivity index is 2.76. The summed E-state index contributed by atoms with van der Waals surface area (Å²) < 4.78 is 27.4. The van der Waals surface area contributed by atoms with E-state index >= 15 is 0 Å².